The lowest BCUT2D eigenvalue weighted by molar-refractivity contribution is -0.129. The highest BCUT2D eigenvalue weighted by molar-refractivity contribution is 5.89. The molecule has 0 saturated carbocycles. The molecule has 2 aromatic carbocycles. The predicted molar refractivity (Wildman–Crippen MR) is 100 cm³/mol. The molecule has 0 radical (unpaired) electrons. The van der Waals surface area contributed by atoms with Gasteiger partial charge in [0.25, 0.3) is 0 Å². The van der Waals surface area contributed by atoms with Gasteiger partial charge in [0, 0.05) is 19.5 Å². The molecule has 1 N–H and O–H groups in total. The van der Waals surface area contributed by atoms with Crippen molar-refractivity contribution in [1.29, 1.82) is 0 Å². The molecule has 1 aliphatic heterocycles. The van der Waals surface area contributed by atoms with Crippen molar-refractivity contribution < 1.29 is 9.59 Å². The normalized spacial score (nSPS) is 21.7. The van der Waals surface area contributed by atoms with E-state index in [1.807, 2.05) is 35.2 Å². The fourth-order valence-electron chi connectivity index (χ4n) is 4.07. The lowest BCUT2D eigenvalue weighted by Gasteiger charge is -2.19. The largest absolute Gasteiger partial charge is 0.349 e. The molecule has 1 aliphatic carbocycles. The molecule has 134 valence electrons. The number of hydrogen-bond acceptors (Lipinski definition) is 2. The van der Waals surface area contributed by atoms with Crippen molar-refractivity contribution in [3.05, 3.63) is 71.3 Å². The van der Waals surface area contributed by atoms with Crippen LogP contribution in [0.1, 0.15) is 35.6 Å². The zero-order valence-corrected chi connectivity index (χ0v) is 14.9. The van der Waals surface area contributed by atoms with Crippen LogP contribution in [0.4, 0.5) is 0 Å². The van der Waals surface area contributed by atoms with E-state index in [0.717, 1.165) is 19.3 Å². The number of rotatable bonds is 5. The van der Waals surface area contributed by atoms with Crippen LogP contribution in [0.2, 0.25) is 0 Å². The number of benzene rings is 2. The van der Waals surface area contributed by atoms with E-state index >= 15 is 0 Å². The molecule has 4 rings (SSSR count). The Balaban J connectivity index is 1.33. The summed E-state index contributed by atoms with van der Waals surface area (Å²) in [6.45, 7) is 1.21. The van der Waals surface area contributed by atoms with E-state index in [9.17, 15) is 9.59 Å². The van der Waals surface area contributed by atoms with Gasteiger partial charge in [-0.25, -0.2) is 0 Å². The van der Waals surface area contributed by atoms with Gasteiger partial charge < -0.3 is 10.2 Å². The van der Waals surface area contributed by atoms with Gasteiger partial charge in [0.15, 0.2) is 0 Å². The Hall–Kier alpha value is -2.62. The Labute approximate surface area is 154 Å². The van der Waals surface area contributed by atoms with Gasteiger partial charge in [-0.1, -0.05) is 54.6 Å². The van der Waals surface area contributed by atoms with Crippen LogP contribution in [-0.2, 0) is 22.4 Å². The van der Waals surface area contributed by atoms with Crippen LogP contribution in [0.5, 0.6) is 0 Å². The quantitative estimate of drug-likeness (QED) is 0.903. The van der Waals surface area contributed by atoms with Crippen molar-refractivity contribution >= 4 is 11.8 Å². The second-order valence-corrected chi connectivity index (χ2v) is 7.28. The molecule has 4 nitrogen and oxygen atoms in total. The monoisotopic (exact) mass is 348 g/mol. The van der Waals surface area contributed by atoms with Crippen LogP contribution in [0.25, 0.3) is 0 Å². The molecule has 0 aromatic heterocycles. The maximum Gasteiger partial charge on any atom is 0.225 e. The van der Waals surface area contributed by atoms with E-state index in [-0.39, 0.29) is 23.8 Å². The smallest absolute Gasteiger partial charge is 0.225 e. The minimum Gasteiger partial charge on any atom is -0.349 e. The minimum absolute atomic E-state index is 0.0160. The SMILES string of the molecule is O=C(NC1CCc2ccccc21)C1CC(=O)N(CCc2ccccc2)C1. The summed E-state index contributed by atoms with van der Waals surface area (Å²) >= 11 is 0. The fourth-order valence-corrected chi connectivity index (χ4v) is 4.07. The average molecular weight is 348 g/mol. The molecular weight excluding hydrogens is 324 g/mol. The summed E-state index contributed by atoms with van der Waals surface area (Å²) in [6.07, 6.45) is 3.11. The summed E-state index contributed by atoms with van der Waals surface area (Å²) in [7, 11) is 0. The van der Waals surface area contributed by atoms with E-state index in [4.69, 9.17) is 0 Å². The predicted octanol–water partition coefficient (Wildman–Crippen LogP) is 2.88. The highest BCUT2D eigenvalue weighted by atomic mass is 16.2. The molecule has 2 aliphatic rings. The summed E-state index contributed by atoms with van der Waals surface area (Å²) < 4.78 is 0. The average Bonchev–Trinajstić information content (AvgIpc) is 3.25. The first-order valence-electron chi connectivity index (χ1n) is 9.40. The molecular formula is C22H24N2O2. The molecule has 0 bridgehead atoms. The molecule has 2 aromatic rings. The molecule has 1 saturated heterocycles. The zero-order chi connectivity index (χ0) is 17.9. The number of hydrogen-bond donors (Lipinski definition) is 1. The first-order chi connectivity index (χ1) is 12.7. The topological polar surface area (TPSA) is 49.4 Å². The van der Waals surface area contributed by atoms with Crippen LogP contribution in [-0.4, -0.2) is 29.8 Å². The number of aryl methyl sites for hydroxylation is 1. The summed E-state index contributed by atoms with van der Waals surface area (Å²) in [5.41, 5.74) is 3.77. The Bertz CT molecular complexity index is 803. The van der Waals surface area contributed by atoms with Crippen molar-refractivity contribution in [2.24, 2.45) is 5.92 Å². The highest BCUT2D eigenvalue weighted by Gasteiger charge is 2.35. The van der Waals surface area contributed by atoms with Crippen LogP contribution in [0.3, 0.4) is 0 Å². The third-order valence-corrected chi connectivity index (χ3v) is 5.55. The van der Waals surface area contributed by atoms with Crippen molar-refractivity contribution in [3.8, 4) is 0 Å². The van der Waals surface area contributed by atoms with E-state index in [1.165, 1.54) is 16.7 Å². The van der Waals surface area contributed by atoms with Gasteiger partial charge in [-0.3, -0.25) is 9.59 Å². The second-order valence-electron chi connectivity index (χ2n) is 7.28. The van der Waals surface area contributed by atoms with Gasteiger partial charge in [-0.05, 0) is 36.0 Å². The van der Waals surface area contributed by atoms with Gasteiger partial charge in [0.1, 0.15) is 0 Å². The fraction of sp³-hybridized carbons (Fsp3) is 0.364. The molecule has 2 unspecified atom stereocenters. The Morgan fingerprint density at radius 3 is 2.69 bits per heavy atom. The van der Waals surface area contributed by atoms with Crippen LogP contribution >= 0.6 is 0 Å². The summed E-state index contributed by atoms with van der Waals surface area (Å²) in [6, 6.07) is 18.5. The van der Waals surface area contributed by atoms with Crippen LogP contribution in [0, 0.1) is 5.92 Å². The van der Waals surface area contributed by atoms with Gasteiger partial charge in [-0.15, -0.1) is 0 Å². The molecule has 26 heavy (non-hydrogen) atoms. The maximum atomic E-state index is 12.7. The molecule has 4 heteroatoms. The first-order valence-corrected chi connectivity index (χ1v) is 9.40. The van der Waals surface area contributed by atoms with Crippen LogP contribution in [0.15, 0.2) is 54.6 Å². The van der Waals surface area contributed by atoms with Gasteiger partial charge in [-0.2, -0.15) is 0 Å². The van der Waals surface area contributed by atoms with Crippen molar-refractivity contribution in [1.82, 2.24) is 10.2 Å². The Morgan fingerprint density at radius 1 is 1.08 bits per heavy atom. The van der Waals surface area contributed by atoms with E-state index in [1.54, 1.807) is 0 Å². The second kappa shape index (κ2) is 7.32. The molecule has 1 heterocycles. The highest BCUT2D eigenvalue weighted by Crippen LogP contribution is 2.31. The zero-order valence-electron chi connectivity index (χ0n) is 14.9. The van der Waals surface area contributed by atoms with Gasteiger partial charge >= 0.3 is 0 Å². The number of nitrogens with zero attached hydrogens (tertiary/aromatic N) is 1. The van der Waals surface area contributed by atoms with Crippen molar-refractivity contribution in [2.75, 3.05) is 13.1 Å². The summed E-state index contributed by atoms with van der Waals surface area (Å²) in [4.78, 5) is 26.8. The first kappa shape index (κ1) is 16.8. The minimum atomic E-state index is -0.231. The van der Waals surface area contributed by atoms with Crippen LogP contribution < -0.4 is 5.32 Å². The van der Waals surface area contributed by atoms with E-state index in [2.05, 4.69) is 29.6 Å². The Morgan fingerprint density at radius 2 is 1.85 bits per heavy atom. The number of carbonyl (C=O) groups excluding carboxylic acids is 2. The molecule has 0 spiro atoms. The number of fused-ring (bicyclic) bond motifs is 1. The summed E-state index contributed by atoms with van der Waals surface area (Å²) in [5.74, 6) is -0.124. The number of carbonyl (C=O) groups is 2. The molecule has 1 fully saturated rings. The van der Waals surface area contributed by atoms with E-state index < -0.39 is 0 Å². The summed E-state index contributed by atoms with van der Waals surface area (Å²) in [5, 5.41) is 3.17. The number of amides is 2. The standard InChI is InChI=1S/C22H24N2O2/c25-21-14-18(15-24(21)13-12-16-6-2-1-3-7-16)22(26)23-20-11-10-17-8-4-5-9-19(17)20/h1-9,18,20H,10-15H2,(H,23,26). The van der Waals surface area contributed by atoms with Crippen molar-refractivity contribution in [2.45, 2.75) is 31.7 Å². The maximum absolute atomic E-state index is 12.7. The van der Waals surface area contributed by atoms with Gasteiger partial charge in [0.05, 0.1) is 12.0 Å². The third-order valence-electron chi connectivity index (χ3n) is 5.55. The van der Waals surface area contributed by atoms with E-state index in [0.29, 0.717) is 19.5 Å². The van der Waals surface area contributed by atoms with Crippen molar-refractivity contribution in [3.63, 3.8) is 0 Å². The molecule has 2 amide bonds. The van der Waals surface area contributed by atoms with Gasteiger partial charge in [0.2, 0.25) is 11.8 Å². The Kier molecular flexibility index (Phi) is 4.74. The lowest BCUT2D eigenvalue weighted by Crippen LogP contribution is -2.35. The third kappa shape index (κ3) is 3.50. The number of nitrogens with one attached hydrogen (secondary N) is 1. The number of likely N-dealkylation sites (tertiary alicyclic amines) is 1. The molecule has 2 atom stereocenters. The lowest BCUT2D eigenvalue weighted by atomic mass is 10.1.